The van der Waals surface area contributed by atoms with Gasteiger partial charge in [0.15, 0.2) is 0 Å². The molecule has 2 heteroatoms. The maximum absolute atomic E-state index is 10.5. The van der Waals surface area contributed by atoms with Crippen LogP contribution in [-0.4, -0.2) is 5.11 Å². The van der Waals surface area contributed by atoms with E-state index in [-0.39, 0.29) is 0 Å². The van der Waals surface area contributed by atoms with Crippen molar-refractivity contribution in [1.82, 2.24) is 0 Å². The van der Waals surface area contributed by atoms with E-state index in [0.29, 0.717) is 5.76 Å². The Labute approximate surface area is 109 Å². The fourth-order valence-electron chi connectivity index (χ4n) is 2.32. The van der Waals surface area contributed by atoms with Gasteiger partial charge in [-0.05, 0) is 31.9 Å². The maximum atomic E-state index is 10.5. The highest BCUT2D eigenvalue weighted by molar-refractivity contribution is 5.81. The second kappa shape index (κ2) is 5.15. The van der Waals surface area contributed by atoms with Gasteiger partial charge < -0.3 is 9.52 Å². The number of benzene rings is 1. The van der Waals surface area contributed by atoms with Crippen molar-refractivity contribution in [3.63, 3.8) is 0 Å². The van der Waals surface area contributed by atoms with Gasteiger partial charge in [-0.25, -0.2) is 0 Å². The monoisotopic (exact) mass is 246 g/mol. The van der Waals surface area contributed by atoms with Crippen molar-refractivity contribution in [2.75, 3.05) is 0 Å². The Hall–Kier alpha value is -1.28. The predicted octanol–water partition coefficient (Wildman–Crippen LogP) is 4.53. The third-order valence-electron chi connectivity index (χ3n) is 3.54. The standard InChI is InChI=1S/C16H22O2/c1-4-5-6-10-16(3,17)14-11-13-9-7-8-12(2)15(13)18-14/h7-9,11,17H,4-6,10H2,1-3H3. The Morgan fingerprint density at radius 1 is 1.28 bits per heavy atom. The molecule has 2 rings (SSSR count). The van der Waals surface area contributed by atoms with E-state index in [1.165, 1.54) is 0 Å². The molecular formula is C16H22O2. The Morgan fingerprint density at radius 3 is 2.72 bits per heavy atom. The van der Waals surface area contributed by atoms with Gasteiger partial charge in [0.05, 0.1) is 0 Å². The van der Waals surface area contributed by atoms with Crippen LogP contribution in [0.2, 0.25) is 0 Å². The van der Waals surface area contributed by atoms with Crippen LogP contribution in [0.4, 0.5) is 0 Å². The van der Waals surface area contributed by atoms with Gasteiger partial charge in [0.2, 0.25) is 0 Å². The molecule has 18 heavy (non-hydrogen) atoms. The summed E-state index contributed by atoms with van der Waals surface area (Å²) in [5.41, 5.74) is 1.15. The SMILES string of the molecule is CCCCCC(C)(O)c1cc2cccc(C)c2o1. The van der Waals surface area contributed by atoms with E-state index in [1.807, 2.05) is 38.1 Å². The van der Waals surface area contributed by atoms with Crippen LogP contribution < -0.4 is 0 Å². The summed E-state index contributed by atoms with van der Waals surface area (Å²) in [5, 5.41) is 11.6. The molecule has 0 aliphatic rings. The van der Waals surface area contributed by atoms with E-state index in [0.717, 1.165) is 42.2 Å². The molecule has 0 aliphatic carbocycles. The number of hydrogen-bond donors (Lipinski definition) is 1. The summed E-state index contributed by atoms with van der Waals surface area (Å²) in [7, 11) is 0. The first-order valence-electron chi connectivity index (χ1n) is 6.76. The van der Waals surface area contributed by atoms with Crippen LogP contribution in [0.3, 0.4) is 0 Å². The van der Waals surface area contributed by atoms with Crippen molar-refractivity contribution in [1.29, 1.82) is 0 Å². The topological polar surface area (TPSA) is 33.4 Å². The zero-order valence-electron chi connectivity index (χ0n) is 11.5. The molecule has 1 aromatic heterocycles. The number of fused-ring (bicyclic) bond motifs is 1. The number of hydrogen-bond acceptors (Lipinski definition) is 2. The highest BCUT2D eigenvalue weighted by Gasteiger charge is 2.26. The molecule has 1 aromatic carbocycles. The second-order valence-corrected chi connectivity index (χ2v) is 5.33. The maximum Gasteiger partial charge on any atom is 0.137 e. The Kier molecular flexibility index (Phi) is 3.76. The van der Waals surface area contributed by atoms with Crippen molar-refractivity contribution in [2.24, 2.45) is 0 Å². The van der Waals surface area contributed by atoms with Gasteiger partial charge in [0, 0.05) is 5.39 Å². The Bertz CT molecular complexity index is 523. The van der Waals surface area contributed by atoms with Crippen molar-refractivity contribution in [2.45, 2.75) is 52.1 Å². The van der Waals surface area contributed by atoms with E-state index in [9.17, 15) is 5.11 Å². The molecule has 0 aliphatic heterocycles. The highest BCUT2D eigenvalue weighted by atomic mass is 16.4. The van der Waals surface area contributed by atoms with Crippen LogP contribution in [-0.2, 0) is 5.60 Å². The van der Waals surface area contributed by atoms with Crippen LogP contribution in [0.25, 0.3) is 11.0 Å². The lowest BCUT2D eigenvalue weighted by atomic mass is 9.95. The fourth-order valence-corrected chi connectivity index (χ4v) is 2.32. The minimum Gasteiger partial charge on any atom is -0.458 e. The van der Waals surface area contributed by atoms with E-state index in [1.54, 1.807) is 0 Å². The van der Waals surface area contributed by atoms with Gasteiger partial charge in [-0.15, -0.1) is 0 Å². The molecule has 1 unspecified atom stereocenters. The van der Waals surface area contributed by atoms with Gasteiger partial charge in [-0.2, -0.15) is 0 Å². The summed E-state index contributed by atoms with van der Waals surface area (Å²) in [6.07, 6.45) is 4.09. The first-order valence-corrected chi connectivity index (χ1v) is 6.76. The predicted molar refractivity (Wildman–Crippen MR) is 74.7 cm³/mol. The molecule has 1 heterocycles. The Morgan fingerprint density at radius 2 is 2.06 bits per heavy atom. The van der Waals surface area contributed by atoms with Gasteiger partial charge in [0.25, 0.3) is 0 Å². The average molecular weight is 246 g/mol. The normalized spacial score (nSPS) is 14.9. The number of rotatable bonds is 5. The molecule has 0 fully saturated rings. The molecule has 1 atom stereocenters. The molecule has 0 amide bonds. The van der Waals surface area contributed by atoms with Crippen LogP contribution in [0, 0.1) is 6.92 Å². The minimum atomic E-state index is -0.860. The summed E-state index contributed by atoms with van der Waals surface area (Å²) in [6.45, 7) is 6.04. The van der Waals surface area contributed by atoms with E-state index in [2.05, 4.69) is 6.92 Å². The van der Waals surface area contributed by atoms with Crippen molar-refractivity contribution in [3.05, 3.63) is 35.6 Å². The van der Waals surface area contributed by atoms with Crippen LogP contribution >= 0.6 is 0 Å². The van der Waals surface area contributed by atoms with Crippen LogP contribution in [0.5, 0.6) is 0 Å². The molecule has 0 radical (unpaired) electrons. The summed E-state index contributed by atoms with van der Waals surface area (Å²) < 4.78 is 5.84. The summed E-state index contributed by atoms with van der Waals surface area (Å²) in [4.78, 5) is 0. The average Bonchev–Trinajstić information content (AvgIpc) is 2.75. The molecule has 2 nitrogen and oxygen atoms in total. The number of para-hydroxylation sites is 1. The minimum absolute atomic E-state index is 0.683. The number of furan rings is 1. The van der Waals surface area contributed by atoms with E-state index in [4.69, 9.17) is 4.42 Å². The summed E-state index contributed by atoms with van der Waals surface area (Å²) in [6, 6.07) is 8.04. The third kappa shape index (κ3) is 2.59. The van der Waals surface area contributed by atoms with Crippen LogP contribution in [0.1, 0.15) is 50.9 Å². The van der Waals surface area contributed by atoms with Gasteiger partial charge in [-0.3, -0.25) is 0 Å². The molecule has 0 spiro atoms. The van der Waals surface area contributed by atoms with Crippen molar-refractivity contribution < 1.29 is 9.52 Å². The van der Waals surface area contributed by atoms with Crippen molar-refractivity contribution in [3.8, 4) is 0 Å². The highest BCUT2D eigenvalue weighted by Crippen LogP contribution is 2.32. The molecule has 1 N–H and O–H groups in total. The molecule has 98 valence electrons. The van der Waals surface area contributed by atoms with E-state index < -0.39 is 5.60 Å². The molecule has 2 aromatic rings. The first kappa shape index (κ1) is 13.2. The lowest BCUT2D eigenvalue weighted by Gasteiger charge is -2.20. The molecule has 0 bridgehead atoms. The first-order chi connectivity index (χ1) is 8.54. The summed E-state index contributed by atoms with van der Waals surface area (Å²) >= 11 is 0. The lowest BCUT2D eigenvalue weighted by Crippen LogP contribution is -2.19. The summed E-state index contributed by atoms with van der Waals surface area (Å²) in [5.74, 6) is 0.683. The number of aryl methyl sites for hydroxylation is 1. The zero-order valence-corrected chi connectivity index (χ0v) is 11.5. The van der Waals surface area contributed by atoms with Crippen molar-refractivity contribution >= 4 is 11.0 Å². The second-order valence-electron chi connectivity index (χ2n) is 5.33. The third-order valence-corrected chi connectivity index (χ3v) is 3.54. The lowest BCUT2D eigenvalue weighted by molar-refractivity contribution is 0.0243. The Balaban J connectivity index is 2.27. The van der Waals surface area contributed by atoms with Gasteiger partial charge in [-0.1, -0.05) is 44.4 Å². The number of unbranched alkanes of at least 4 members (excludes halogenated alkanes) is 2. The number of aliphatic hydroxyl groups is 1. The smallest absolute Gasteiger partial charge is 0.137 e. The quantitative estimate of drug-likeness (QED) is 0.786. The largest absolute Gasteiger partial charge is 0.458 e. The van der Waals surface area contributed by atoms with Crippen LogP contribution in [0.15, 0.2) is 28.7 Å². The molecule has 0 saturated heterocycles. The zero-order chi connectivity index (χ0) is 13.2. The fraction of sp³-hybridized carbons (Fsp3) is 0.500. The molecule has 0 saturated carbocycles. The molecular weight excluding hydrogens is 224 g/mol. The van der Waals surface area contributed by atoms with Gasteiger partial charge in [0.1, 0.15) is 16.9 Å². The van der Waals surface area contributed by atoms with Gasteiger partial charge >= 0.3 is 0 Å². The van der Waals surface area contributed by atoms with E-state index >= 15 is 0 Å².